The van der Waals surface area contributed by atoms with E-state index in [1.807, 2.05) is 91.0 Å². The zero-order valence-electron chi connectivity index (χ0n) is 84.9. The molecular weight excluding hydrogens is 1870 g/mol. The summed E-state index contributed by atoms with van der Waals surface area (Å²) in [4.78, 5) is 72.6. The molecule has 35 atom stereocenters. The predicted molar refractivity (Wildman–Crippen MR) is 508 cm³/mol. The van der Waals surface area contributed by atoms with E-state index in [-0.39, 0.29) is 177 Å². The highest BCUT2D eigenvalue weighted by atomic mass is 19.2. The summed E-state index contributed by atoms with van der Waals surface area (Å²) in [6.07, 6.45) is 25.2. The van der Waals surface area contributed by atoms with Crippen LogP contribution >= 0.6 is 0 Å². The number of ketones is 2. The van der Waals surface area contributed by atoms with E-state index in [4.69, 9.17) is 86.1 Å². The molecule has 6 spiro atoms. The number of esters is 2. The van der Waals surface area contributed by atoms with Gasteiger partial charge in [0.25, 0.3) is 0 Å². The topological polar surface area (TPSA) is 408 Å². The fraction of sp³-hybridized carbons (Fsp3) is 0.766. The van der Waals surface area contributed by atoms with Gasteiger partial charge >= 0.3 is 17.9 Å². The summed E-state index contributed by atoms with van der Waals surface area (Å²) in [6.45, 7) is 33.8. The predicted octanol–water partition coefficient (Wildman–Crippen LogP) is 15.1. The van der Waals surface area contributed by atoms with Crippen LogP contribution in [0.15, 0.2) is 123 Å². The molecule has 36 heteroatoms. The minimum atomic E-state index is -2.00. The SMILES string of the molecule is C.C=C(ON)OO.CCC(=O)OCC(=O)[C@]1(OC(=O)CC)[C@@H](C)C[C@H]2[C@@H]3CCC4=C/C(=N/OC)C=C[C@]4(C)[C@@]3(F)[C@@H](O)C[C@@]21C.CCO/N=C1\C=C[C@@]2(C)C(=C1)CC[C@H]1[C@@H]3C[C@H](C)[C@@]4(OCOC45COCO5)[C@@]3(C)C[C@H](O)[C@@]12F.CO/N=C1\C=C[C@@]2(C)C(=C1)CC[C@H]1[C@@H]3C[C@H](C)[C@@]4(OCOC45COCO5)[C@@]3(C)C[C@H](O)[C@@]12F.C[C@H]1C[C@H]2[C@@H]3CCC4=CC(=O)C=C[C@]4(C)[C@@]3(F)[C@@H](O)C[C@]2(C)[C@]12OCOC21COCO1. The number of fused-ring (bicyclic) bond motifs is 26. The summed E-state index contributed by atoms with van der Waals surface area (Å²) in [7, 11) is 2.96. The number of hydrogen-bond donors (Lipinski definition) is 6. The molecule has 6 aliphatic heterocycles. The zero-order chi connectivity index (χ0) is 102. The molecule has 6 saturated heterocycles. The number of hydrogen-bond acceptors (Lipinski definition) is 32. The van der Waals surface area contributed by atoms with E-state index in [1.165, 1.54) is 20.3 Å². The standard InChI is InChI=1S/C29H40FNO7.C26H36FNO6.C25H34FNO6.C24H31FO6.C2H5NO3.CH4/c1-7-24(34)37-16-23(33)29(38-25(35)8-2)17(3)13-21-20-10-9-18-14-19(31-36-6)11-12-26(18,4)28(20,30)22(32)15-27(21,29)5;1-5-34-28-18-8-9-22(3)17(11-18)6-7-19-20-10-16(2)26(23(20,4)12-21(29)25(19,22)27)24(32-15-33-26)13-30-14-31-24;1-15-9-19-18-6-5-16-10-17(27-29-4)7-8-21(16,2)24(18,26)20(28)11-22(19,3)25(15)23(32-14-33-25)12-30-13-31-23;1-14-8-18-17-5-4-15-9-16(26)6-7-20(15,2)23(17,25)19(27)10-21(18,3)24(14)22(30-13-31-24)11-28-12-29-22;1-2(5-3)6-4;/h11-12,14,17,20-22,32H,7-10,13,15-16H2,1-6H3;8-9,11,16,19-21,29H,5-7,10,12-15H2,1-4H3;7-8,10,15,18-20,28H,5-6,9,11-14H2,1-4H3;6-7,9,14,17-19,27H,4-5,8,10-13H2,1-3H3;4H,1,3H2;1H4/b31-19+;28-18+;27-17+;;;/t17-,20-,21-,22-,26-,27-,28-,29+;16-,19-,20-,21-,22-,23-,24?,25-,26+;15-,18-,19-,20-,21-,22-,23?,24-,25+;14-,17-,18-,19-,20-,21-,22?,23-,24+;;/m0000../s1. The molecule has 22 rings (SSSR count). The molecule has 0 amide bonds. The number of ether oxygens (including phenoxy) is 14. The Morgan fingerprint density at radius 2 is 0.762 bits per heavy atom. The Balaban J connectivity index is 0.000000128. The summed E-state index contributed by atoms with van der Waals surface area (Å²) in [5.41, 5.74) is -12.4. The maximum absolute atomic E-state index is 17.6. The van der Waals surface area contributed by atoms with Crippen LogP contribution < -0.4 is 5.90 Å². The number of oxime groups is 3. The molecule has 18 fully saturated rings. The van der Waals surface area contributed by atoms with Crippen molar-refractivity contribution < 1.29 is 153 Å². The quantitative estimate of drug-likeness (QED) is 0.0347. The van der Waals surface area contributed by atoms with Gasteiger partial charge in [-0.2, -0.15) is 11.2 Å². The highest BCUT2D eigenvalue weighted by molar-refractivity contribution is 6.07. The van der Waals surface area contributed by atoms with Crippen molar-refractivity contribution in [1.29, 1.82) is 0 Å². The average Bonchev–Trinajstić information content (AvgIpc) is 1.51. The molecule has 0 bridgehead atoms. The van der Waals surface area contributed by atoms with Crippen molar-refractivity contribution >= 4 is 40.6 Å². The number of halogens is 4. The summed E-state index contributed by atoms with van der Waals surface area (Å²) < 4.78 is 154. The molecule has 0 aromatic carbocycles. The molecule has 22 aliphatic rings. The Morgan fingerprint density at radius 3 is 1.07 bits per heavy atom. The fourth-order valence-corrected chi connectivity index (χ4v) is 34.8. The maximum atomic E-state index is 17.6. The molecule has 0 aromatic rings. The second-order valence-electron chi connectivity index (χ2n) is 45.8. The monoisotopic (exact) mass is 2020 g/mol. The molecule has 16 aliphatic carbocycles. The lowest BCUT2D eigenvalue weighted by Gasteiger charge is -2.63. The van der Waals surface area contributed by atoms with Crippen LogP contribution in [0.25, 0.3) is 0 Å². The maximum Gasteiger partial charge on any atom is 0.327 e. The van der Waals surface area contributed by atoms with Crippen LogP contribution in [0.5, 0.6) is 0 Å². The summed E-state index contributed by atoms with van der Waals surface area (Å²) >= 11 is 0. The van der Waals surface area contributed by atoms with Crippen LogP contribution in [-0.4, -0.2) is 241 Å². The van der Waals surface area contributed by atoms with Crippen LogP contribution in [0.3, 0.4) is 0 Å². The lowest BCUT2D eigenvalue weighted by atomic mass is 9.44. The molecule has 12 saturated carbocycles. The lowest BCUT2D eigenvalue weighted by Crippen LogP contribution is -2.71. The molecule has 6 heterocycles. The summed E-state index contributed by atoms with van der Waals surface area (Å²) in [5, 5.41) is 66.2. The van der Waals surface area contributed by atoms with Gasteiger partial charge in [-0.25, -0.2) is 17.6 Å². The number of rotatable bonds is 12. The van der Waals surface area contributed by atoms with Crippen molar-refractivity contribution in [2.45, 2.75) is 314 Å². The van der Waals surface area contributed by atoms with Crippen molar-refractivity contribution in [2.75, 3.05) is 88.0 Å². The molecule has 0 aromatic heterocycles. The first-order valence-corrected chi connectivity index (χ1v) is 51.0. The van der Waals surface area contributed by atoms with Crippen LogP contribution in [0.1, 0.15) is 227 Å². The normalized spacial score (nSPS) is 50.1. The molecule has 794 valence electrons. The molecular formula is C107H150F4N4O28. The third-order valence-electron chi connectivity index (χ3n) is 40.8. The van der Waals surface area contributed by atoms with Gasteiger partial charge in [-0.1, -0.05) is 139 Å². The van der Waals surface area contributed by atoms with Crippen molar-refractivity contribution in [2.24, 2.45) is 136 Å². The smallest absolute Gasteiger partial charge is 0.327 e. The van der Waals surface area contributed by atoms with E-state index in [9.17, 15) is 39.6 Å². The van der Waals surface area contributed by atoms with Crippen LogP contribution in [0, 0.1) is 114 Å². The Labute approximate surface area is 834 Å². The van der Waals surface area contributed by atoms with Gasteiger partial charge in [0, 0.05) is 85.8 Å². The van der Waals surface area contributed by atoms with Gasteiger partial charge in [-0.3, -0.25) is 24.1 Å². The van der Waals surface area contributed by atoms with Crippen molar-refractivity contribution in [1.82, 2.24) is 0 Å². The van der Waals surface area contributed by atoms with Gasteiger partial charge in [-0.05, 0) is 234 Å². The van der Waals surface area contributed by atoms with E-state index < -0.39 is 166 Å². The minimum Gasteiger partial charge on any atom is -0.457 e. The van der Waals surface area contributed by atoms with Crippen molar-refractivity contribution in [3.63, 3.8) is 0 Å². The first-order valence-electron chi connectivity index (χ1n) is 51.0. The van der Waals surface area contributed by atoms with E-state index in [2.05, 4.69) is 79.2 Å². The lowest BCUT2D eigenvalue weighted by molar-refractivity contribution is -0.277. The summed E-state index contributed by atoms with van der Waals surface area (Å²) in [6, 6.07) is 0. The van der Waals surface area contributed by atoms with E-state index in [0.717, 1.165) is 54.4 Å². The number of nitrogens with two attached hydrogens (primary N) is 1. The van der Waals surface area contributed by atoms with Crippen LogP contribution in [-0.2, 0) is 110 Å². The zero-order valence-corrected chi connectivity index (χ0v) is 84.9. The Morgan fingerprint density at radius 1 is 0.448 bits per heavy atom. The van der Waals surface area contributed by atoms with Gasteiger partial charge in [0.05, 0.1) is 24.4 Å². The van der Waals surface area contributed by atoms with Crippen molar-refractivity contribution in [3.8, 4) is 0 Å². The number of carbonyl (C=O) groups excluding carboxylic acids is 4. The third-order valence-corrected chi connectivity index (χ3v) is 40.8. The second kappa shape index (κ2) is 37.5. The highest BCUT2D eigenvalue weighted by Crippen LogP contribution is 2.80. The van der Waals surface area contributed by atoms with Gasteiger partial charge in [0.1, 0.15) is 74.6 Å². The van der Waals surface area contributed by atoms with E-state index in [1.54, 1.807) is 38.2 Å². The molecule has 7 N–H and O–H groups in total. The van der Waals surface area contributed by atoms with Crippen molar-refractivity contribution in [3.05, 3.63) is 108 Å². The van der Waals surface area contributed by atoms with Gasteiger partial charge in [0.15, 0.2) is 81.4 Å². The van der Waals surface area contributed by atoms with Gasteiger partial charge in [-0.15, -0.1) is 0 Å². The average molecular weight is 2020 g/mol. The second-order valence-corrected chi connectivity index (χ2v) is 45.8. The van der Waals surface area contributed by atoms with E-state index >= 15 is 17.6 Å². The van der Waals surface area contributed by atoms with Gasteiger partial charge in [0.2, 0.25) is 23.1 Å². The Kier molecular flexibility index (Phi) is 28.2. The number of alkyl halides is 4. The number of allylic oxidation sites excluding steroid dienone is 16. The number of aliphatic hydroxyl groups excluding tert-OH is 4. The Hall–Kier alpha value is -7.05. The van der Waals surface area contributed by atoms with E-state index in [0.29, 0.717) is 68.7 Å². The third kappa shape index (κ3) is 14.3. The number of nitrogens with zero attached hydrogens (tertiary/aromatic N) is 3. The first kappa shape index (κ1) is 107. The van der Waals surface area contributed by atoms with Crippen LogP contribution in [0.4, 0.5) is 17.6 Å². The minimum absolute atomic E-state index is 0. The summed E-state index contributed by atoms with van der Waals surface area (Å²) in [5.74, 6) is -2.83. The van der Waals surface area contributed by atoms with Crippen LogP contribution in [0.2, 0.25) is 0 Å². The number of aliphatic hydroxyl groups is 4. The molecule has 3 unspecified atom stereocenters. The molecule has 32 nitrogen and oxygen atoms in total. The number of Topliss-reactive ketones (excluding diaryl/α,β-unsaturated/α-hetero) is 1. The molecule has 143 heavy (non-hydrogen) atoms. The fourth-order valence-electron chi connectivity index (χ4n) is 34.8. The largest absolute Gasteiger partial charge is 0.457 e. The number of carbonyl (C=O) groups is 4. The van der Waals surface area contributed by atoms with Gasteiger partial charge < -0.3 is 106 Å². The highest BCUT2D eigenvalue weighted by Gasteiger charge is 2.87. The first-order chi connectivity index (χ1) is 67.2. The Bertz CT molecular complexity index is 5280. The molecule has 0 radical (unpaired) electrons.